The fourth-order valence-electron chi connectivity index (χ4n) is 2.76. The lowest BCUT2D eigenvalue weighted by Crippen LogP contribution is -2.42. The molecule has 1 aliphatic carbocycles. The minimum absolute atomic E-state index is 0.741. The fraction of sp³-hybridized carbons (Fsp3) is 1.00. The summed E-state index contributed by atoms with van der Waals surface area (Å²) in [6.45, 7) is 7.05. The average Bonchev–Trinajstić information content (AvgIpc) is 3.14. The Hall–Kier alpha value is -0.120. The third-order valence-electron chi connectivity index (χ3n) is 4.25. The first kappa shape index (κ1) is 13.3. The van der Waals surface area contributed by atoms with E-state index >= 15 is 0 Å². The van der Waals surface area contributed by atoms with Gasteiger partial charge in [-0.2, -0.15) is 0 Å². The van der Waals surface area contributed by atoms with E-state index in [4.69, 9.17) is 4.74 Å². The van der Waals surface area contributed by atoms with Crippen LogP contribution in [0.3, 0.4) is 0 Å². The van der Waals surface area contributed by atoms with Gasteiger partial charge in [-0.15, -0.1) is 0 Å². The van der Waals surface area contributed by atoms with E-state index in [1.54, 1.807) is 0 Å². The minimum Gasteiger partial charge on any atom is -0.384 e. The van der Waals surface area contributed by atoms with E-state index in [0.717, 1.165) is 24.6 Å². The van der Waals surface area contributed by atoms with Gasteiger partial charge in [-0.05, 0) is 64.6 Å². The maximum Gasteiger partial charge on any atom is 0.0491 e. The van der Waals surface area contributed by atoms with Crippen LogP contribution in [-0.4, -0.2) is 50.3 Å². The first-order valence-corrected chi connectivity index (χ1v) is 7.26. The Balaban J connectivity index is 1.57. The van der Waals surface area contributed by atoms with Gasteiger partial charge in [0.05, 0.1) is 0 Å². The molecule has 0 amide bonds. The van der Waals surface area contributed by atoms with Gasteiger partial charge in [0.15, 0.2) is 0 Å². The zero-order chi connectivity index (χ0) is 12.1. The standard InChI is InChI=1S/C14H28N2O/c1-12(5-8-15-14-3-4-14)16-9-6-13(7-10-16)11-17-2/h12-15H,3-11H2,1-2H3. The normalized spacial score (nSPS) is 25.1. The summed E-state index contributed by atoms with van der Waals surface area (Å²) in [5.41, 5.74) is 0. The largest absolute Gasteiger partial charge is 0.384 e. The number of hydrogen-bond acceptors (Lipinski definition) is 3. The van der Waals surface area contributed by atoms with Crippen molar-refractivity contribution in [3.63, 3.8) is 0 Å². The first-order chi connectivity index (χ1) is 8.29. The maximum atomic E-state index is 5.25. The number of likely N-dealkylation sites (tertiary alicyclic amines) is 1. The van der Waals surface area contributed by atoms with Crippen LogP contribution < -0.4 is 5.32 Å². The lowest BCUT2D eigenvalue weighted by atomic mass is 9.96. The minimum atomic E-state index is 0.741. The summed E-state index contributed by atoms with van der Waals surface area (Å²) in [7, 11) is 1.82. The SMILES string of the molecule is COCC1CCN(C(C)CCNC2CC2)CC1. The molecule has 2 aliphatic rings. The number of piperidine rings is 1. The van der Waals surface area contributed by atoms with Crippen LogP contribution in [0.5, 0.6) is 0 Å². The number of methoxy groups -OCH3 is 1. The number of rotatable bonds is 7. The molecule has 17 heavy (non-hydrogen) atoms. The second-order valence-electron chi connectivity index (χ2n) is 5.80. The molecule has 1 heterocycles. The van der Waals surface area contributed by atoms with Gasteiger partial charge >= 0.3 is 0 Å². The molecule has 0 spiro atoms. The van der Waals surface area contributed by atoms with Gasteiger partial charge in [0.25, 0.3) is 0 Å². The zero-order valence-electron chi connectivity index (χ0n) is 11.5. The lowest BCUT2D eigenvalue weighted by molar-refractivity contribution is 0.0814. The van der Waals surface area contributed by atoms with E-state index < -0.39 is 0 Å². The van der Waals surface area contributed by atoms with Crippen LogP contribution in [0.25, 0.3) is 0 Å². The van der Waals surface area contributed by atoms with Gasteiger partial charge in [-0.3, -0.25) is 0 Å². The molecular weight excluding hydrogens is 212 g/mol. The van der Waals surface area contributed by atoms with Crippen molar-refractivity contribution in [2.75, 3.05) is 33.4 Å². The summed E-state index contributed by atoms with van der Waals surface area (Å²) in [5, 5.41) is 3.61. The van der Waals surface area contributed by atoms with Crippen molar-refractivity contribution in [3.8, 4) is 0 Å². The van der Waals surface area contributed by atoms with E-state index in [1.165, 1.54) is 51.7 Å². The monoisotopic (exact) mass is 240 g/mol. The Labute approximate surface area is 106 Å². The highest BCUT2D eigenvalue weighted by Gasteiger charge is 2.23. The molecule has 100 valence electrons. The lowest BCUT2D eigenvalue weighted by Gasteiger charge is -2.36. The molecule has 1 N–H and O–H groups in total. The molecule has 3 heteroatoms. The molecule has 0 aromatic heterocycles. The first-order valence-electron chi connectivity index (χ1n) is 7.26. The van der Waals surface area contributed by atoms with E-state index in [9.17, 15) is 0 Å². The summed E-state index contributed by atoms with van der Waals surface area (Å²) in [6, 6.07) is 1.60. The number of nitrogens with zero attached hydrogens (tertiary/aromatic N) is 1. The maximum absolute atomic E-state index is 5.25. The van der Waals surface area contributed by atoms with Gasteiger partial charge in [-0.25, -0.2) is 0 Å². The molecule has 0 aromatic carbocycles. The molecular formula is C14H28N2O. The summed E-state index contributed by atoms with van der Waals surface area (Å²) in [4.78, 5) is 2.65. The zero-order valence-corrected chi connectivity index (χ0v) is 11.5. The van der Waals surface area contributed by atoms with Crippen LogP contribution in [-0.2, 0) is 4.74 Å². The molecule has 1 saturated heterocycles. The van der Waals surface area contributed by atoms with Crippen LogP contribution in [0.4, 0.5) is 0 Å². The molecule has 3 nitrogen and oxygen atoms in total. The van der Waals surface area contributed by atoms with E-state index in [0.29, 0.717) is 0 Å². The molecule has 0 radical (unpaired) electrons. The molecule has 1 saturated carbocycles. The van der Waals surface area contributed by atoms with Crippen LogP contribution in [0, 0.1) is 5.92 Å². The highest BCUT2D eigenvalue weighted by Crippen LogP contribution is 2.21. The Bertz CT molecular complexity index is 210. The average molecular weight is 240 g/mol. The molecule has 1 atom stereocenters. The predicted molar refractivity (Wildman–Crippen MR) is 71.3 cm³/mol. The Morgan fingerprint density at radius 3 is 2.53 bits per heavy atom. The van der Waals surface area contributed by atoms with Gasteiger partial charge in [-0.1, -0.05) is 0 Å². The Morgan fingerprint density at radius 1 is 1.24 bits per heavy atom. The second kappa shape index (κ2) is 6.72. The third kappa shape index (κ3) is 4.57. The number of ether oxygens (including phenoxy) is 1. The highest BCUT2D eigenvalue weighted by molar-refractivity contribution is 4.82. The summed E-state index contributed by atoms with van der Waals surface area (Å²) >= 11 is 0. The van der Waals surface area contributed by atoms with Crippen molar-refractivity contribution in [2.24, 2.45) is 5.92 Å². The molecule has 1 unspecified atom stereocenters. The van der Waals surface area contributed by atoms with Crippen molar-refractivity contribution in [2.45, 2.75) is 51.1 Å². The van der Waals surface area contributed by atoms with Crippen molar-refractivity contribution >= 4 is 0 Å². The number of hydrogen-bond donors (Lipinski definition) is 1. The molecule has 1 aliphatic heterocycles. The Kier molecular flexibility index (Phi) is 5.26. The van der Waals surface area contributed by atoms with Crippen LogP contribution in [0.15, 0.2) is 0 Å². The van der Waals surface area contributed by atoms with Crippen LogP contribution >= 0.6 is 0 Å². The summed E-state index contributed by atoms with van der Waals surface area (Å²) in [6.07, 6.45) is 6.72. The molecule has 0 aromatic rings. The second-order valence-corrected chi connectivity index (χ2v) is 5.80. The summed E-state index contributed by atoms with van der Waals surface area (Å²) < 4.78 is 5.25. The van der Waals surface area contributed by atoms with Crippen LogP contribution in [0.2, 0.25) is 0 Å². The number of nitrogens with one attached hydrogen (secondary N) is 1. The van der Waals surface area contributed by atoms with Gasteiger partial charge < -0.3 is 15.0 Å². The predicted octanol–water partition coefficient (Wildman–Crippen LogP) is 1.88. The summed E-state index contributed by atoms with van der Waals surface area (Å²) in [5.74, 6) is 0.799. The van der Waals surface area contributed by atoms with Gasteiger partial charge in [0, 0.05) is 25.8 Å². The van der Waals surface area contributed by atoms with Crippen molar-refractivity contribution in [1.29, 1.82) is 0 Å². The van der Waals surface area contributed by atoms with Crippen LogP contribution in [0.1, 0.15) is 39.0 Å². The molecule has 0 bridgehead atoms. The van der Waals surface area contributed by atoms with Gasteiger partial charge in [0.2, 0.25) is 0 Å². The van der Waals surface area contributed by atoms with Crippen molar-refractivity contribution in [3.05, 3.63) is 0 Å². The topological polar surface area (TPSA) is 24.5 Å². The molecule has 2 fully saturated rings. The third-order valence-corrected chi connectivity index (χ3v) is 4.25. The smallest absolute Gasteiger partial charge is 0.0491 e. The Morgan fingerprint density at radius 2 is 1.94 bits per heavy atom. The van der Waals surface area contributed by atoms with E-state index in [-0.39, 0.29) is 0 Å². The highest BCUT2D eigenvalue weighted by atomic mass is 16.5. The van der Waals surface area contributed by atoms with E-state index in [1.807, 2.05) is 7.11 Å². The van der Waals surface area contributed by atoms with Crippen molar-refractivity contribution < 1.29 is 4.74 Å². The molecule has 2 rings (SSSR count). The fourth-order valence-corrected chi connectivity index (χ4v) is 2.76. The quantitative estimate of drug-likeness (QED) is 0.735. The van der Waals surface area contributed by atoms with Gasteiger partial charge in [0.1, 0.15) is 0 Å². The van der Waals surface area contributed by atoms with E-state index in [2.05, 4.69) is 17.1 Å². The van der Waals surface area contributed by atoms with Crippen molar-refractivity contribution in [1.82, 2.24) is 10.2 Å².